The van der Waals surface area contributed by atoms with Crippen molar-refractivity contribution in [2.75, 3.05) is 13.2 Å². The van der Waals surface area contributed by atoms with Crippen molar-refractivity contribution in [1.29, 1.82) is 0 Å². The van der Waals surface area contributed by atoms with Gasteiger partial charge in [-0.2, -0.15) is 0 Å². The summed E-state index contributed by atoms with van der Waals surface area (Å²) in [4.78, 5) is 24.3. The van der Waals surface area contributed by atoms with E-state index in [-0.39, 0.29) is 5.97 Å². The molecular formula is C26H40O4. The van der Waals surface area contributed by atoms with Crippen LogP contribution in [0, 0.1) is 0 Å². The Balaban J connectivity index is 2.19. The zero-order valence-corrected chi connectivity index (χ0v) is 19.0. The Bertz CT molecular complexity index is 621. The number of benzene rings is 1. The zero-order valence-electron chi connectivity index (χ0n) is 19.0. The third kappa shape index (κ3) is 12.5. The molecule has 0 saturated heterocycles. The third-order valence-corrected chi connectivity index (χ3v) is 4.99. The first-order valence-electron chi connectivity index (χ1n) is 11.8. The average Bonchev–Trinajstić information content (AvgIpc) is 2.77. The first-order valence-corrected chi connectivity index (χ1v) is 11.8. The second-order valence-electron chi connectivity index (χ2n) is 7.70. The van der Waals surface area contributed by atoms with E-state index in [4.69, 9.17) is 9.47 Å². The molecule has 0 spiro atoms. The smallest absolute Gasteiger partial charge is 0.338 e. The molecule has 0 fully saturated rings. The third-order valence-electron chi connectivity index (χ3n) is 4.99. The first-order chi connectivity index (χ1) is 14.7. The van der Waals surface area contributed by atoms with Crippen LogP contribution in [0.25, 0.3) is 0 Å². The molecule has 1 aromatic carbocycles. The van der Waals surface area contributed by atoms with Gasteiger partial charge < -0.3 is 9.47 Å². The van der Waals surface area contributed by atoms with E-state index >= 15 is 0 Å². The summed E-state index contributed by atoms with van der Waals surface area (Å²) in [6.07, 6.45) is 18.1. The Hall–Kier alpha value is -2.10. The van der Waals surface area contributed by atoms with E-state index in [9.17, 15) is 9.59 Å². The molecule has 1 aromatic rings. The lowest BCUT2D eigenvalue weighted by atomic mass is 10.1. The van der Waals surface area contributed by atoms with E-state index in [1.54, 1.807) is 24.3 Å². The maximum absolute atomic E-state index is 12.2. The van der Waals surface area contributed by atoms with Crippen LogP contribution < -0.4 is 0 Å². The van der Waals surface area contributed by atoms with Crippen LogP contribution in [0.15, 0.2) is 36.4 Å². The van der Waals surface area contributed by atoms with Crippen molar-refractivity contribution in [1.82, 2.24) is 0 Å². The molecule has 0 heterocycles. The lowest BCUT2D eigenvalue weighted by Gasteiger charge is -2.07. The summed E-state index contributed by atoms with van der Waals surface area (Å²) in [5.74, 6) is -0.796. The van der Waals surface area contributed by atoms with Gasteiger partial charge in [-0.15, -0.1) is 0 Å². The molecule has 0 aliphatic rings. The molecule has 0 radical (unpaired) electrons. The predicted molar refractivity (Wildman–Crippen MR) is 123 cm³/mol. The molecule has 0 aromatic heterocycles. The zero-order chi connectivity index (χ0) is 21.9. The van der Waals surface area contributed by atoms with E-state index in [0.29, 0.717) is 30.8 Å². The summed E-state index contributed by atoms with van der Waals surface area (Å²) in [5.41, 5.74) is 0.769. The Morgan fingerprint density at radius 1 is 0.733 bits per heavy atom. The maximum atomic E-state index is 12.2. The standard InChI is InChI=1S/C26H40O4/c1-3-5-7-9-10-11-12-13-14-16-21-30-26(28)24-19-17-18-23(22-24)25(27)29-20-15-8-6-4-2/h6,8,17-19,22H,3-5,7,9-16,20-21H2,1-2H3/b8-6-. The van der Waals surface area contributed by atoms with Gasteiger partial charge in [-0.1, -0.05) is 89.9 Å². The molecule has 0 aliphatic heterocycles. The second kappa shape index (κ2) is 17.7. The Kier molecular flexibility index (Phi) is 15.3. The van der Waals surface area contributed by atoms with Crippen LogP contribution in [-0.2, 0) is 9.47 Å². The van der Waals surface area contributed by atoms with Crippen molar-refractivity contribution in [3.05, 3.63) is 47.5 Å². The summed E-state index contributed by atoms with van der Waals surface area (Å²) in [6, 6.07) is 6.56. The Morgan fingerprint density at radius 2 is 1.27 bits per heavy atom. The fourth-order valence-electron chi connectivity index (χ4n) is 3.20. The van der Waals surface area contributed by atoms with Gasteiger partial charge in [0.2, 0.25) is 0 Å². The minimum atomic E-state index is -0.413. The van der Waals surface area contributed by atoms with Crippen molar-refractivity contribution in [2.45, 2.75) is 90.9 Å². The first kappa shape index (κ1) is 25.9. The fraction of sp³-hybridized carbons (Fsp3) is 0.615. The van der Waals surface area contributed by atoms with E-state index in [1.165, 1.54) is 51.4 Å². The maximum Gasteiger partial charge on any atom is 0.338 e. The SMILES string of the molecule is CC/C=C\CCOC(=O)c1cccc(C(=O)OCCCCCCCCCCCC)c1. The quantitative estimate of drug-likeness (QED) is 0.152. The molecule has 0 atom stereocenters. The van der Waals surface area contributed by atoms with Gasteiger partial charge >= 0.3 is 11.9 Å². The Labute approximate surface area is 183 Å². The summed E-state index contributed by atoms with van der Waals surface area (Å²) in [6.45, 7) is 5.06. The number of carbonyl (C=O) groups excluding carboxylic acids is 2. The molecule has 0 bridgehead atoms. The molecule has 0 amide bonds. The number of carbonyl (C=O) groups is 2. The summed E-state index contributed by atoms with van der Waals surface area (Å²) in [5, 5.41) is 0. The number of unbranched alkanes of at least 4 members (excludes halogenated alkanes) is 9. The summed E-state index contributed by atoms with van der Waals surface area (Å²) >= 11 is 0. The largest absolute Gasteiger partial charge is 0.462 e. The highest BCUT2D eigenvalue weighted by Gasteiger charge is 2.12. The van der Waals surface area contributed by atoms with E-state index in [2.05, 4.69) is 13.8 Å². The molecule has 1 rings (SSSR count). The van der Waals surface area contributed by atoms with Gasteiger partial charge in [0.05, 0.1) is 24.3 Å². The average molecular weight is 417 g/mol. The van der Waals surface area contributed by atoms with Crippen LogP contribution in [0.4, 0.5) is 0 Å². The number of hydrogen-bond donors (Lipinski definition) is 0. The lowest BCUT2D eigenvalue weighted by molar-refractivity contribution is 0.0497. The van der Waals surface area contributed by atoms with Crippen LogP contribution in [0.2, 0.25) is 0 Å². The van der Waals surface area contributed by atoms with Gasteiger partial charge in [0.1, 0.15) is 0 Å². The van der Waals surface area contributed by atoms with E-state index < -0.39 is 5.97 Å². The minimum Gasteiger partial charge on any atom is -0.462 e. The highest BCUT2D eigenvalue weighted by Crippen LogP contribution is 2.12. The van der Waals surface area contributed by atoms with Gasteiger partial charge in [0.25, 0.3) is 0 Å². The van der Waals surface area contributed by atoms with Crippen molar-refractivity contribution in [2.24, 2.45) is 0 Å². The molecule has 0 saturated carbocycles. The van der Waals surface area contributed by atoms with Crippen LogP contribution in [0.5, 0.6) is 0 Å². The molecule has 168 valence electrons. The number of esters is 2. The van der Waals surface area contributed by atoms with Crippen molar-refractivity contribution in [3.8, 4) is 0 Å². The van der Waals surface area contributed by atoms with E-state index in [1.807, 2.05) is 12.2 Å². The highest BCUT2D eigenvalue weighted by molar-refractivity contribution is 5.95. The van der Waals surface area contributed by atoms with Crippen LogP contribution in [0.3, 0.4) is 0 Å². The summed E-state index contributed by atoms with van der Waals surface area (Å²) in [7, 11) is 0. The molecule has 4 heteroatoms. The highest BCUT2D eigenvalue weighted by atomic mass is 16.5. The molecule has 0 N–H and O–H groups in total. The van der Waals surface area contributed by atoms with Crippen molar-refractivity contribution in [3.63, 3.8) is 0 Å². The van der Waals surface area contributed by atoms with Gasteiger partial charge in [-0.05, 0) is 37.5 Å². The second-order valence-corrected chi connectivity index (χ2v) is 7.70. The number of allylic oxidation sites excluding steroid dienone is 1. The van der Waals surface area contributed by atoms with Gasteiger partial charge in [0, 0.05) is 0 Å². The van der Waals surface area contributed by atoms with Crippen LogP contribution in [-0.4, -0.2) is 25.2 Å². The normalized spacial score (nSPS) is 11.0. The van der Waals surface area contributed by atoms with Crippen molar-refractivity contribution >= 4 is 11.9 Å². The Morgan fingerprint density at radius 3 is 1.83 bits per heavy atom. The van der Waals surface area contributed by atoms with E-state index in [0.717, 1.165) is 19.3 Å². The van der Waals surface area contributed by atoms with Gasteiger partial charge in [-0.3, -0.25) is 0 Å². The molecule has 0 aliphatic carbocycles. The number of hydrogen-bond acceptors (Lipinski definition) is 4. The molecular weight excluding hydrogens is 376 g/mol. The summed E-state index contributed by atoms with van der Waals surface area (Å²) < 4.78 is 10.6. The van der Waals surface area contributed by atoms with Crippen molar-refractivity contribution < 1.29 is 19.1 Å². The monoisotopic (exact) mass is 416 g/mol. The van der Waals surface area contributed by atoms with Crippen LogP contribution >= 0.6 is 0 Å². The predicted octanol–water partition coefficient (Wildman–Crippen LogP) is 7.28. The van der Waals surface area contributed by atoms with Crippen LogP contribution in [0.1, 0.15) is 112 Å². The number of ether oxygens (including phenoxy) is 2. The fourth-order valence-corrected chi connectivity index (χ4v) is 3.20. The molecule has 0 unspecified atom stereocenters. The topological polar surface area (TPSA) is 52.6 Å². The molecule has 30 heavy (non-hydrogen) atoms. The van der Waals surface area contributed by atoms with Gasteiger partial charge in [-0.25, -0.2) is 9.59 Å². The molecule has 4 nitrogen and oxygen atoms in total. The lowest BCUT2D eigenvalue weighted by Crippen LogP contribution is -2.10. The number of rotatable bonds is 17. The minimum absolute atomic E-state index is 0.336. The van der Waals surface area contributed by atoms with Gasteiger partial charge in [0.15, 0.2) is 0 Å².